The zero-order chi connectivity index (χ0) is 17.5. The van der Waals surface area contributed by atoms with Crippen molar-refractivity contribution in [2.75, 3.05) is 27.2 Å². The van der Waals surface area contributed by atoms with Crippen LogP contribution in [-0.4, -0.2) is 31.7 Å². The fourth-order valence-electron chi connectivity index (χ4n) is 3.16. The first-order chi connectivity index (χ1) is 11.6. The van der Waals surface area contributed by atoms with E-state index in [-0.39, 0.29) is 0 Å². The van der Waals surface area contributed by atoms with Crippen LogP contribution >= 0.6 is 0 Å². The second-order valence-electron chi connectivity index (χ2n) is 7.84. The number of benzene rings is 1. The molecule has 0 N–H and O–H groups in total. The molecule has 1 aromatic carbocycles. The molecule has 0 atom stereocenters. The van der Waals surface area contributed by atoms with E-state index in [2.05, 4.69) is 63.5 Å². The van der Waals surface area contributed by atoms with Crippen molar-refractivity contribution >= 4 is 6.08 Å². The highest BCUT2D eigenvalue weighted by Crippen LogP contribution is 2.12. The Balaban J connectivity index is 2.01. The molecule has 0 radical (unpaired) electrons. The van der Waals surface area contributed by atoms with Crippen LogP contribution in [0.5, 0.6) is 0 Å². The van der Waals surface area contributed by atoms with Crippen LogP contribution in [0.15, 0.2) is 36.4 Å². The van der Waals surface area contributed by atoms with Gasteiger partial charge in [-0.15, -0.1) is 0 Å². The van der Waals surface area contributed by atoms with Crippen molar-refractivity contribution < 1.29 is 4.48 Å². The molecular weight excluding hydrogens is 290 g/mol. The smallest absolute Gasteiger partial charge is 0.0972 e. The van der Waals surface area contributed by atoms with E-state index in [1.54, 1.807) is 0 Å². The largest absolute Gasteiger partial charge is 0.325 e. The predicted octanol–water partition coefficient (Wildman–Crippen LogP) is 6.70. The van der Waals surface area contributed by atoms with E-state index in [1.165, 1.54) is 76.3 Å². The van der Waals surface area contributed by atoms with E-state index >= 15 is 0 Å². The van der Waals surface area contributed by atoms with E-state index < -0.39 is 0 Å². The fourth-order valence-corrected chi connectivity index (χ4v) is 3.16. The van der Waals surface area contributed by atoms with Crippen molar-refractivity contribution in [2.45, 2.75) is 71.1 Å². The Labute approximate surface area is 151 Å². The fraction of sp³-hybridized carbons (Fsp3) is 0.652. The molecular formula is C23H40N+. The van der Waals surface area contributed by atoms with Crippen molar-refractivity contribution in [2.24, 2.45) is 0 Å². The Morgan fingerprint density at radius 1 is 0.750 bits per heavy atom. The Bertz CT molecular complexity index is 419. The highest BCUT2D eigenvalue weighted by molar-refractivity contribution is 5.48. The summed E-state index contributed by atoms with van der Waals surface area (Å²) in [6, 6.07) is 10.6. The molecule has 0 aliphatic carbocycles. The van der Waals surface area contributed by atoms with Gasteiger partial charge in [-0.05, 0) is 24.5 Å². The van der Waals surface area contributed by atoms with Crippen LogP contribution in [0.3, 0.4) is 0 Å². The maximum Gasteiger partial charge on any atom is 0.0972 e. The minimum absolute atomic E-state index is 1.10. The van der Waals surface area contributed by atoms with Gasteiger partial charge in [0.2, 0.25) is 0 Å². The summed E-state index contributed by atoms with van der Waals surface area (Å²) in [4.78, 5) is 0. The standard InChI is InChI=1S/C23H40N/c1-4-5-6-7-8-9-10-11-12-16-21-24(2,3)22-17-20-23-18-14-13-15-19-23/h13-15,17-20H,4-12,16,21-22H2,1-3H3/q+1/b20-17+. The average molecular weight is 331 g/mol. The summed E-state index contributed by atoms with van der Waals surface area (Å²) < 4.78 is 1.10. The molecule has 0 unspecified atom stereocenters. The SMILES string of the molecule is CCCCCCCCCCCC[N+](C)(C)C/C=C/c1ccccc1. The van der Waals surface area contributed by atoms with Gasteiger partial charge in [0.05, 0.1) is 27.2 Å². The number of rotatable bonds is 14. The minimum Gasteiger partial charge on any atom is -0.325 e. The lowest BCUT2D eigenvalue weighted by Crippen LogP contribution is -2.40. The Kier molecular flexibility index (Phi) is 11.6. The number of quaternary nitrogens is 1. The molecule has 0 saturated heterocycles. The molecule has 0 spiro atoms. The molecule has 0 fully saturated rings. The Morgan fingerprint density at radius 2 is 1.29 bits per heavy atom. The molecule has 0 aliphatic rings. The number of hydrogen-bond acceptors (Lipinski definition) is 0. The van der Waals surface area contributed by atoms with Crippen LogP contribution in [0.25, 0.3) is 6.08 Å². The van der Waals surface area contributed by atoms with Gasteiger partial charge in [0.1, 0.15) is 0 Å². The first-order valence-corrected chi connectivity index (χ1v) is 10.2. The lowest BCUT2D eigenvalue weighted by molar-refractivity contribution is -0.884. The van der Waals surface area contributed by atoms with Crippen molar-refractivity contribution in [3.8, 4) is 0 Å². The molecule has 136 valence electrons. The quantitative estimate of drug-likeness (QED) is 0.263. The molecule has 1 rings (SSSR count). The summed E-state index contributed by atoms with van der Waals surface area (Å²) in [6.07, 6.45) is 18.8. The molecule has 1 heteroatoms. The van der Waals surface area contributed by atoms with Crippen LogP contribution in [0.1, 0.15) is 76.7 Å². The van der Waals surface area contributed by atoms with Gasteiger partial charge in [0, 0.05) is 0 Å². The molecule has 0 aromatic heterocycles. The van der Waals surface area contributed by atoms with Gasteiger partial charge >= 0.3 is 0 Å². The van der Waals surface area contributed by atoms with Gasteiger partial charge < -0.3 is 4.48 Å². The van der Waals surface area contributed by atoms with E-state index in [4.69, 9.17) is 0 Å². The molecule has 0 aliphatic heterocycles. The summed E-state index contributed by atoms with van der Waals surface area (Å²) in [5.41, 5.74) is 1.30. The van der Waals surface area contributed by atoms with Crippen molar-refractivity contribution in [1.29, 1.82) is 0 Å². The molecule has 24 heavy (non-hydrogen) atoms. The Hall–Kier alpha value is -1.08. The van der Waals surface area contributed by atoms with Gasteiger partial charge in [-0.1, -0.05) is 94.7 Å². The maximum absolute atomic E-state index is 2.35. The highest BCUT2D eigenvalue weighted by Gasteiger charge is 2.11. The van der Waals surface area contributed by atoms with Gasteiger partial charge in [-0.2, -0.15) is 0 Å². The zero-order valence-electron chi connectivity index (χ0n) is 16.5. The van der Waals surface area contributed by atoms with Gasteiger partial charge in [-0.3, -0.25) is 0 Å². The van der Waals surface area contributed by atoms with Crippen molar-refractivity contribution in [3.05, 3.63) is 42.0 Å². The van der Waals surface area contributed by atoms with Crippen molar-refractivity contribution in [1.82, 2.24) is 0 Å². The van der Waals surface area contributed by atoms with Gasteiger partial charge in [0.25, 0.3) is 0 Å². The number of likely N-dealkylation sites (N-methyl/N-ethyl adjacent to an activating group) is 1. The molecule has 1 nitrogen and oxygen atoms in total. The van der Waals surface area contributed by atoms with E-state index in [0.717, 1.165) is 11.0 Å². The van der Waals surface area contributed by atoms with Crippen LogP contribution in [-0.2, 0) is 0 Å². The normalized spacial score (nSPS) is 12.1. The van der Waals surface area contributed by atoms with Crippen molar-refractivity contribution in [3.63, 3.8) is 0 Å². The maximum atomic E-state index is 2.35. The summed E-state index contributed by atoms with van der Waals surface area (Å²) in [5, 5.41) is 0. The molecule has 0 heterocycles. The summed E-state index contributed by atoms with van der Waals surface area (Å²) in [7, 11) is 4.70. The summed E-state index contributed by atoms with van der Waals surface area (Å²) in [5.74, 6) is 0. The average Bonchev–Trinajstić information content (AvgIpc) is 2.57. The first kappa shape index (κ1) is 21.0. The number of unbranched alkanes of at least 4 members (excludes halogenated alkanes) is 9. The second-order valence-corrected chi connectivity index (χ2v) is 7.84. The van der Waals surface area contributed by atoms with Crippen LogP contribution in [0, 0.1) is 0 Å². The zero-order valence-corrected chi connectivity index (χ0v) is 16.5. The third-order valence-electron chi connectivity index (χ3n) is 4.83. The second kappa shape index (κ2) is 13.2. The van der Waals surface area contributed by atoms with Gasteiger partial charge in [0.15, 0.2) is 0 Å². The molecule has 0 saturated carbocycles. The topological polar surface area (TPSA) is 0 Å². The summed E-state index contributed by atoms with van der Waals surface area (Å²) in [6.45, 7) is 4.69. The van der Waals surface area contributed by atoms with Crippen LogP contribution in [0.2, 0.25) is 0 Å². The van der Waals surface area contributed by atoms with Crippen LogP contribution in [0.4, 0.5) is 0 Å². The number of nitrogens with zero attached hydrogens (tertiary/aromatic N) is 1. The van der Waals surface area contributed by atoms with E-state index in [9.17, 15) is 0 Å². The van der Waals surface area contributed by atoms with E-state index in [1.807, 2.05) is 0 Å². The third kappa shape index (κ3) is 11.5. The predicted molar refractivity (Wildman–Crippen MR) is 109 cm³/mol. The Morgan fingerprint density at radius 3 is 1.88 bits per heavy atom. The van der Waals surface area contributed by atoms with Crippen LogP contribution < -0.4 is 0 Å². The first-order valence-electron chi connectivity index (χ1n) is 10.2. The molecule has 0 amide bonds. The van der Waals surface area contributed by atoms with E-state index in [0.29, 0.717) is 0 Å². The number of hydrogen-bond donors (Lipinski definition) is 0. The summed E-state index contributed by atoms with van der Waals surface area (Å²) >= 11 is 0. The lowest BCUT2D eigenvalue weighted by atomic mass is 10.1. The lowest BCUT2D eigenvalue weighted by Gasteiger charge is -2.28. The highest BCUT2D eigenvalue weighted by atomic mass is 15.3. The monoisotopic (exact) mass is 330 g/mol. The third-order valence-corrected chi connectivity index (χ3v) is 4.83. The van der Waals surface area contributed by atoms with Gasteiger partial charge in [-0.25, -0.2) is 0 Å². The molecule has 1 aromatic rings. The minimum atomic E-state index is 1.10. The molecule has 0 bridgehead atoms.